The lowest BCUT2D eigenvalue weighted by atomic mass is 10.4. The summed E-state index contributed by atoms with van der Waals surface area (Å²) in [4.78, 5) is 19.9. The quantitative estimate of drug-likeness (QED) is 0.768. The van der Waals surface area contributed by atoms with Crippen molar-refractivity contribution in [2.45, 2.75) is 9.79 Å². The number of benzene rings is 1. The molecule has 0 aliphatic carbocycles. The van der Waals surface area contributed by atoms with Gasteiger partial charge in [-0.1, -0.05) is 30.0 Å². The Balaban J connectivity index is 2.11. The minimum absolute atomic E-state index is 0.207. The summed E-state index contributed by atoms with van der Waals surface area (Å²) in [5, 5.41) is 9.20. The number of rotatable bonds is 3. The molecule has 0 saturated heterocycles. The van der Waals surface area contributed by atoms with E-state index >= 15 is 0 Å². The van der Waals surface area contributed by atoms with Crippen molar-refractivity contribution in [2.75, 3.05) is 0 Å². The molecule has 0 saturated carbocycles. The van der Waals surface area contributed by atoms with Crippen molar-refractivity contribution in [2.24, 2.45) is 0 Å². The SMILES string of the molecule is O=C(O)c1[nH]c2ncsc2c1Sc1ccccc1. The molecule has 90 valence electrons. The number of thiazole rings is 1. The second-order valence-electron chi connectivity index (χ2n) is 3.58. The van der Waals surface area contributed by atoms with Crippen molar-refractivity contribution in [3.63, 3.8) is 0 Å². The molecule has 2 heterocycles. The summed E-state index contributed by atoms with van der Waals surface area (Å²) < 4.78 is 0.890. The highest BCUT2D eigenvalue weighted by molar-refractivity contribution is 7.99. The van der Waals surface area contributed by atoms with Gasteiger partial charge in [0.05, 0.1) is 15.1 Å². The van der Waals surface area contributed by atoms with Gasteiger partial charge >= 0.3 is 5.97 Å². The summed E-state index contributed by atoms with van der Waals surface area (Å²) in [7, 11) is 0. The Kier molecular flexibility index (Phi) is 2.81. The molecule has 0 fully saturated rings. The third-order valence-corrected chi connectivity index (χ3v) is 4.51. The molecule has 0 atom stereocenters. The number of aromatic carboxylic acids is 1. The van der Waals surface area contributed by atoms with Gasteiger partial charge in [0, 0.05) is 4.90 Å². The fourth-order valence-corrected chi connectivity index (χ4v) is 3.56. The zero-order valence-electron chi connectivity index (χ0n) is 9.08. The lowest BCUT2D eigenvalue weighted by Gasteiger charge is -2.00. The van der Waals surface area contributed by atoms with E-state index in [0.717, 1.165) is 14.5 Å². The van der Waals surface area contributed by atoms with Crippen molar-refractivity contribution >= 4 is 39.4 Å². The fourth-order valence-electron chi connectivity index (χ4n) is 1.64. The van der Waals surface area contributed by atoms with E-state index < -0.39 is 5.97 Å². The van der Waals surface area contributed by atoms with E-state index in [2.05, 4.69) is 9.97 Å². The van der Waals surface area contributed by atoms with E-state index in [4.69, 9.17) is 0 Å². The highest BCUT2D eigenvalue weighted by Crippen LogP contribution is 2.38. The summed E-state index contributed by atoms with van der Waals surface area (Å²) in [6.45, 7) is 0. The average Bonchev–Trinajstić information content (AvgIpc) is 2.93. The topological polar surface area (TPSA) is 66.0 Å². The third kappa shape index (κ3) is 1.89. The molecule has 0 aliphatic rings. The molecule has 2 aromatic heterocycles. The molecule has 0 aliphatic heterocycles. The number of aromatic nitrogens is 2. The Hall–Kier alpha value is -1.79. The Morgan fingerprint density at radius 3 is 2.83 bits per heavy atom. The number of nitrogens with one attached hydrogen (secondary N) is 1. The number of aromatic amines is 1. The molecule has 0 unspecified atom stereocenters. The van der Waals surface area contributed by atoms with E-state index in [1.54, 1.807) is 5.51 Å². The molecule has 0 spiro atoms. The predicted octanol–water partition coefficient (Wildman–Crippen LogP) is 3.47. The molecule has 3 rings (SSSR count). The van der Waals surface area contributed by atoms with Crippen LogP contribution < -0.4 is 0 Å². The van der Waals surface area contributed by atoms with Crippen LogP contribution in [0, 0.1) is 0 Å². The first-order valence-electron chi connectivity index (χ1n) is 5.17. The van der Waals surface area contributed by atoms with Crippen LogP contribution >= 0.6 is 23.1 Å². The van der Waals surface area contributed by atoms with Gasteiger partial charge in [-0.2, -0.15) is 0 Å². The summed E-state index contributed by atoms with van der Waals surface area (Å²) >= 11 is 2.89. The Morgan fingerprint density at radius 1 is 1.33 bits per heavy atom. The van der Waals surface area contributed by atoms with Gasteiger partial charge in [0.25, 0.3) is 0 Å². The van der Waals surface area contributed by atoms with Crippen LogP contribution in [0.1, 0.15) is 10.5 Å². The van der Waals surface area contributed by atoms with E-state index in [1.807, 2.05) is 30.3 Å². The van der Waals surface area contributed by atoms with Gasteiger partial charge in [0.1, 0.15) is 11.3 Å². The number of fused-ring (bicyclic) bond motifs is 1. The molecular weight excluding hydrogens is 268 g/mol. The lowest BCUT2D eigenvalue weighted by Crippen LogP contribution is -1.98. The molecule has 4 nitrogen and oxygen atoms in total. The normalized spacial score (nSPS) is 10.9. The number of nitrogens with zero attached hydrogens (tertiary/aromatic N) is 1. The molecule has 2 N–H and O–H groups in total. The van der Waals surface area contributed by atoms with Crippen molar-refractivity contribution in [1.29, 1.82) is 0 Å². The number of carbonyl (C=O) groups is 1. The highest BCUT2D eigenvalue weighted by atomic mass is 32.2. The summed E-state index contributed by atoms with van der Waals surface area (Å²) in [5.74, 6) is -0.960. The van der Waals surface area contributed by atoms with E-state index in [0.29, 0.717) is 5.65 Å². The number of H-pyrrole nitrogens is 1. The van der Waals surface area contributed by atoms with Crippen LogP contribution in [0.2, 0.25) is 0 Å². The number of hydrogen-bond donors (Lipinski definition) is 2. The third-order valence-electron chi connectivity index (χ3n) is 2.42. The number of carboxylic acids is 1. The van der Waals surface area contributed by atoms with E-state index in [1.165, 1.54) is 23.1 Å². The number of carboxylic acid groups (broad SMARTS) is 1. The lowest BCUT2D eigenvalue weighted by molar-refractivity contribution is 0.0688. The summed E-state index contributed by atoms with van der Waals surface area (Å²) in [5.41, 5.74) is 2.55. The maximum absolute atomic E-state index is 11.2. The first-order valence-corrected chi connectivity index (χ1v) is 6.86. The van der Waals surface area contributed by atoms with Crippen LogP contribution in [0.25, 0.3) is 10.3 Å². The van der Waals surface area contributed by atoms with Crippen LogP contribution in [0.4, 0.5) is 0 Å². The smallest absolute Gasteiger partial charge is 0.353 e. The van der Waals surface area contributed by atoms with Crippen molar-refractivity contribution in [3.05, 3.63) is 41.5 Å². The minimum atomic E-state index is -0.960. The largest absolute Gasteiger partial charge is 0.477 e. The second kappa shape index (κ2) is 4.47. The molecule has 18 heavy (non-hydrogen) atoms. The standard InChI is InChI=1S/C12H8N2O2S2/c15-12(16)8-9(10-11(14-8)13-6-17-10)18-7-4-2-1-3-5-7/h1-6,14H,(H,15,16). The van der Waals surface area contributed by atoms with Crippen molar-refractivity contribution in [3.8, 4) is 0 Å². The maximum atomic E-state index is 11.2. The first-order chi connectivity index (χ1) is 8.75. The van der Waals surface area contributed by atoms with Gasteiger partial charge in [-0.3, -0.25) is 0 Å². The molecular formula is C12H8N2O2S2. The second-order valence-corrected chi connectivity index (χ2v) is 5.52. The van der Waals surface area contributed by atoms with Crippen molar-refractivity contribution < 1.29 is 9.90 Å². The monoisotopic (exact) mass is 276 g/mol. The highest BCUT2D eigenvalue weighted by Gasteiger charge is 2.19. The molecule has 3 aromatic rings. The van der Waals surface area contributed by atoms with Crippen LogP contribution in [0.3, 0.4) is 0 Å². The predicted molar refractivity (Wildman–Crippen MR) is 71.5 cm³/mol. The molecule has 6 heteroatoms. The fraction of sp³-hybridized carbons (Fsp3) is 0. The van der Waals surface area contributed by atoms with Crippen LogP contribution in [-0.4, -0.2) is 21.0 Å². The zero-order valence-corrected chi connectivity index (χ0v) is 10.7. The van der Waals surface area contributed by atoms with E-state index in [9.17, 15) is 9.90 Å². The zero-order chi connectivity index (χ0) is 12.5. The van der Waals surface area contributed by atoms with E-state index in [-0.39, 0.29) is 5.69 Å². The van der Waals surface area contributed by atoms with Crippen LogP contribution in [-0.2, 0) is 0 Å². The average molecular weight is 276 g/mol. The number of hydrogen-bond acceptors (Lipinski definition) is 4. The molecule has 0 amide bonds. The molecule has 0 bridgehead atoms. The first kappa shape index (κ1) is 11.3. The summed E-state index contributed by atoms with van der Waals surface area (Å²) in [6.07, 6.45) is 0. The molecule has 0 radical (unpaired) electrons. The Labute approximate surface area is 111 Å². The van der Waals surface area contributed by atoms with Gasteiger partial charge in [-0.05, 0) is 12.1 Å². The summed E-state index contributed by atoms with van der Waals surface area (Å²) in [6, 6.07) is 9.70. The molecule has 1 aromatic carbocycles. The van der Waals surface area contributed by atoms with Gasteiger partial charge in [-0.15, -0.1) is 11.3 Å². The minimum Gasteiger partial charge on any atom is -0.477 e. The van der Waals surface area contributed by atoms with Crippen LogP contribution in [0.15, 0.2) is 45.6 Å². The van der Waals surface area contributed by atoms with Gasteiger partial charge in [-0.25, -0.2) is 9.78 Å². The van der Waals surface area contributed by atoms with Gasteiger partial charge < -0.3 is 10.1 Å². The Morgan fingerprint density at radius 2 is 2.11 bits per heavy atom. The maximum Gasteiger partial charge on any atom is 0.353 e. The van der Waals surface area contributed by atoms with Gasteiger partial charge in [0.2, 0.25) is 0 Å². The van der Waals surface area contributed by atoms with Crippen LogP contribution in [0.5, 0.6) is 0 Å². The Bertz CT molecular complexity index is 703. The van der Waals surface area contributed by atoms with Gasteiger partial charge in [0.15, 0.2) is 0 Å². The van der Waals surface area contributed by atoms with Crippen molar-refractivity contribution in [1.82, 2.24) is 9.97 Å².